The van der Waals surface area contributed by atoms with Crippen LogP contribution in [0.3, 0.4) is 0 Å². The van der Waals surface area contributed by atoms with Gasteiger partial charge in [0.25, 0.3) is 0 Å². The quantitative estimate of drug-likeness (QED) is 0.125. The van der Waals surface area contributed by atoms with Crippen LogP contribution in [0.25, 0.3) is 126 Å². The maximum atomic E-state index is 5.61. The predicted molar refractivity (Wildman–Crippen MR) is 268 cm³/mol. The zero-order chi connectivity index (χ0) is 41.4. The van der Waals surface area contributed by atoms with Crippen molar-refractivity contribution in [1.29, 1.82) is 0 Å². The molecule has 0 aliphatic rings. The van der Waals surface area contributed by atoms with Crippen molar-refractivity contribution in [2.24, 2.45) is 0 Å². The molecule has 0 unspecified atom stereocenters. The van der Waals surface area contributed by atoms with Crippen molar-refractivity contribution in [1.82, 2.24) is 9.55 Å². The van der Waals surface area contributed by atoms with Gasteiger partial charge >= 0.3 is 0 Å². The molecule has 0 N–H and O–H groups in total. The minimum Gasteiger partial charge on any atom is -0.309 e. The van der Waals surface area contributed by atoms with Crippen molar-refractivity contribution >= 4 is 75.8 Å². The fourth-order valence-electron chi connectivity index (χ4n) is 10.4. The van der Waals surface area contributed by atoms with Gasteiger partial charge in [0.2, 0.25) is 0 Å². The van der Waals surface area contributed by atoms with E-state index in [1.54, 1.807) is 0 Å². The van der Waals surface area contributed by atoms with Crippen LogP contribution in [0.2, 0.25) is 0 Å². The molecule has 0 amide bonds. The Bertz CT molecular complexity index is 3880. The Labute approximate surface area is 364 Å². The minimum absolute atomic E-state index is 0.991. The largest absolute Gasteiger partial charge is 0.309 e. The van der Waals surface area contributed by atoms with Gasteiger partial charge in [0.1, 0.15) is 0 Å². The minimum atomic E-state index is 0.991. The Morgan fingerprint density at radius 1 is 0.302 bits per heavy atom. The predicted octanol–water partition coefficient (Wildman–Crippen LogP) is 16.6. The zero-order valence-corrected chi connectivity index (χ0v) is 34.3. The summed E-state index contributed by atoms with van der Waals surface area (Å²) < 4.78 is 2.41. The molecule has 0 aliphatic carbocycles. The Balaban J connectivity index is 1.04. The monoisotopic (exact) mass is 798 g/mol. The fourth-order valence-corrected chi connectivity index (χ4v) is 10.4. The molecule has 13 rings (SSSR count). The van der Waals surface area contributed by atoms with E-state index in [4.69, 9.17) is 4.98 Å². The summed E-state index contributed by atoms with van der Waals surface area (Å²) in [6.45, 7) is 0. The SMILES string of the molecule is c1ccc(-c2nc3c(-c4ccc(-c5c6ccccc6c(-c6ccc7ccccc7c6)c6ccccc56)cc4)cccc3c3c2ccc2c3c3ccccc3n2-c2ccccc2)cc1. The Morgan fingerprint density at radius 2 is 0.857 bits per heavy atom. The van der Waals surface area contributed by atoms with Crippen LogP contribution in [0.1, 0.15) is 0 Å². The van der Waals surface area contributed by atoms with Gasteiger partial charge in [-0.05, 0) is 90.5 Å². The standard InChI is InChI=1S/C61H38N2/c1-3-17-42(18-4-1)60-53-36-37-55-59(51-26-13-14-29-54(51)63(55)45-20-5-2-6-21-45)58(53)52-28-15-27-46(61(52)62-60)40-31-33-41(34-32-40)56-47-22-9-11-24-49(47)57(50-25-12-10-23-48(50)56)44-35-30-39-16-7-8-19-43(39)38-44/h1-38H. The molecule has 2 heteroatoms. The Kier molecular flexibility index (Phi) is 7.94. The molecule has 11 aromatic carbocycles. The van der Waals surface area contributed by atoms with Crippen LogP contribution in [-0.2, 0) is 0 Å². The summed E-state index contributed by atoms with van der Waals surface area (Å²) in [7, 11) is 0. The first-order valence-electron chi connectivity index (χ1n) is 21.7. The summed E-state index contributed by atoms with van der Waals surface area (Å²) in [5.41, 5.74) is 13.8. The van der Waals surface area contributed by atoms with E-state index in [9.17, 15) is 0 Å². The highest BCUT2D eigenvalue weighted by molar-refractivity contribution is 6.30. The summed E-state index contributed by atoms with van der Waals surface area (Å²) in [4.78, 5) is 5.61. The maximum absolute atomic E-state index is 5.61. The van der Waals surface area contributed by atoms with Gasteiger partial charge in [0.05, 0.1) is 22.2 Å². The van der Waals surface area contributed by atoms with Gasteiger partial charge < -0.3 is 4.57 Å². The lowest BCUT2D eigenvalue weighted by Crippen LogP contribution is -1.95. The highest BCUT2D eigenvalue weighted by atomic mass is 15.0. The van der Waals surface area contributed by atoms with E-state index in [-0.39, 0.29) is 0 Å². The summed E-state index contributed by atoms with van der Waals surface area (Å²) >= 11 is 0. The van der Waals surface area contributed by atoms with Gasteiger partial charge in [-0.2, -0.15) is 0 Å². The molecule has 2 aromatic heterocycles. The molecule has 2 nitrogen and oxygen atoms in total. The number of nitrogens with zero attached hydrogens (tertiary/aromatic N) is 2. The van der Waals surface area contributed by atoms with Gasteiger partial charge in [0.15, 0.2) is 0 Å². The van der Waals surface area contributed by atoms with E-state index in [1.165, 1.54) is 81.8 Å². The van der Waals surface area contributed by atoms with Crippen molar-refractivity contribution in [3.8, 4) is 50.3 Å². The molecule has 0 radical (unpaired) electrons. The number of aromatic nitrogens is 2. The van der Waals surface area contributed by atoms with Gasteiger partial charge in [-0.25, -0.2) is 4.98 Å². The first kappa shape index (κ1) is 35.4. The molecular weight excluding hydrogens is 761 g/mol. The zero-order valence-electron chi connectivity index (χ0n) is 34.3. The summed E-state index contributed by atoms with van der Waals surface area (Å²) in [6.07, 6.45) is 0. The third kappa shape index (κ3) is 5.48. The van der Waals surface area contributed by atoms with Crippen molar-refractivity contribution in [3.63, 3.8) is 0 Å². The Hall–Kier alpha value is -8.33. The number of fused-ring (bicyclic) bond motifs is 10. The van der Waals surface area contributed by atoms with Gasteiger partial charge in [-0.1, -0.05) is 200 Å². The van der Waals surface area contributed by atoms with Crippen molar-refractivity contribution in [2.75, 3.05) is 0 Å². The molecule has 0 atom stereocenters. The van der Waals surface area contributed by atoms with Crippen LogP contribution < -0.4 is 0 Å². The van der Waals surface area contributed by atoms with E-state index in [0.717, 1.165) is 44.4 Å². The third-order valence-corrected chi connectivity index (χ3v) is 13.1. The van der Waals surface area contributed by atoms with E-state index in [2.05, 4.69) is 235 Å². The van der Waals surface area contributed by atoms with Gasteiger partial charge in [0, 0.05) is 43.7 Å². The lowest BCUT2D eigenvalue weighted by molar-refractivity contribution is 1.18. The van der Waals surface area contributed by atoms with Crippen LogP contribution in [0.4, 0.5) is 0 Å². The van der Waals surface area contributed by atoms with Crippen LogP contribution in [0, 0.1) is 0 Å². The number of pyridine rings is 1. The first-order valence-corrected chi connectivity index (χ1v) is 21.7. The normalized spacial score (nSPS) is 11.8. The van der Waals surface area contributed by atoms with Crippen molar-refractivity contribution < 1.29 is 0 Å². The molecule has 2 heterocycles. The molecule has 0 aliphatic heterocycles. The number of rotatable bonds is 5. The topological polar surface area (TPSA) is 17.8 Å². The molecule has 63 heavy (non-hydrogen) atoms. The smallest absolute Gasteiger partial charge is 0.0794 e. The lowest BCUT2D eigenvalue weighted by Gasteiger charge is -2.18. The number of hydrogen-bond donors (Lipinski definition) is 0. The van der Waals surface area contributed by atoms with Crippen LogP contribution in [0.15, 0.2) is 231 Å². The molecule has 0 bridgehead atoms. The highest BCUT2D eigenvalue weighted by Crippen LogP contribution is 2.46. The molecule has 13 aromatic rings. The fraction of sp³-hybridized carbons (Fsp3) is 0. The van der Waals surface area contributed by atoms with Crippen molar-refractivity contribution in [2.45, 2.75) is 0 Å². The summed E-state index contributed by atoms with van der Waals surface area (Å²) in [6, 6.07) is 84.0. The second kappa shape index (κ2) is 14.1. The van der Waals surface area contributed by atoms with Gasteiger partial charge in [-0.3, -0.25) is 0 Å². The molecule has 0 saturated carbocycles. The highest BCUT2D eigenvalue weighted by Gasteiger charge is 2.22. The molecule has 0 saturated heterocycles. The van der Waals surface area contributed by atoms with Crippen LogP contribution >= 0.6 is 0 Å². The average molecular weight is 799 g/mol. The molecular formula is C61H38N2. The van der Waals surface area contributed by atoms with Crippen molar-refractivity contribution in [3.05, 3.63) is 231 Å². The number of para-hydroxylation sites is 3. The maximum Gasteiger partial charge on any atom is 0.0794 e. The van der Waals surface area contributed by atoms with E-state index in [1.807, 2.05) is 0 Å². The molecule has 0 spiro atoms. The number of hydrogen-bond acceptors (Lipinski definition) is 1. The van der Waals surface area contributed by atoms with E-state index < -0.39 is 0 Å². The number of benzene rings is 11. The van der Waals surface area contributed by atoms with Crippen LogP contribution in [0.5, 0.6) is 0 Å². The third-order valence-electron chi connectivity index (χ3n) is 13.1. The molecule has 0 fully saturated rings. The van der Waals surface area contributed by atoms with Gasteiger partial charge in [-0.15, -0.1) is 0 Å². The van der Waals surface area contributed by atoms with E-state index >= 15 is 0 Å². The second-order valence-corrected chi connectivity index (χ2v) is 16.6. The molecule has 292 valence electrons. The average Bonchev–Trinajstić information content (AvgIpc) is 3.70. The lowest BCUT2D eigenvalue weighted by atomic mass is 9.85. The van der Waals surface area contributed by atoms with E-state index in [0.29, 0.717) is 0 Å². The van der Waals surface area contributed by atoms with Crippen LogP contribution in [-0.4, -0.2) is 9.55 Å². The second-order valence-electron chi connectivity index (χ2n) is 16.6. The first-order chi connectivity index (χ1) is 31.3. The summed E-state index contributed by atoms with van der Waals surface area (Å²) in [5.74, 6) is 0. The summed E-state index contributed by atoms with van der Waals surface area (Å²) in [5, 5.41) is 13.5. The Morgan fingerprint density at radius 3 is 1.57 bits per heavy atom.